The van der Waals surface area contributed by atoms with Gasteiger partial charge >= 0.3 is 11.9 Å². The standard InChI is InChI=1S/C58H85N3O19/c1-34-16-14-12-10-8-6-4-5-7-9-11-13-15-17-45(78-57-54(73)52(60)53(72)35(2)77-57)31-49-51(56(74)75)48(70)33-58(76,80-49)32-44(68)28-42(66)26-40(64)24-39(63)25-41(65)27-43(67)30-50(71)79-55(34)46(59)23-22-38(62)29-47(69)36-18-20-37(61-3)21-19-36/h4-21,34-35,38-40,42-46,48-49,51-55,57,61-64,66-68,70,72-73,76H,22-33,59-60H2,1-3H3,(H,74,75)/b5-4-,8-6-,9-7+,12-10+,13-11+,16-14+,17-15+/t34-,35+,38?,39+,40-,42-,43+,44-,45-,46-,48-,49-,51+,52-,53+,54-,55-,57-,58+/m0/s1. The molecule has 2 saturated heterocycles. The Labute approximate surface area is 467 Å². The van der Waals surface area contributed by atoms with Crippen LogP contribution in [0.5, 0.6) is 0 Å². The molecule has 0 aromatic heterocycles. The molecule has 3 aliphatic rings. The first kappa shape index (κ1) is 67.4. The molecule has 0 amide bonds. The second kappa shape index (κ2) is 33.7. The molecule has 1 aromatic carbocycles. The molecule has 2 fully saturated rings. The smallest absolute Gasteiger partial charge is 0.311 e. The van der Waals surface area contributed by atoms with Crippen molar-refractivity contribution in [2.24, 2.45) is 23.3 Å². The number of benzene rings is 1. The SMILES string of the molecule is CNc1ccc(C(=O)CC(O)CC[C@H](N)[C@H]2OC(=O)C[C@H](O)CC(=O)C[C@H](O)C[C@H](O)C[C@H](O)C[C@H](O)C[C@]3(O)C[C@H](O)[C@@H](C(=O)O)[C@H](C[C@@H](O[C@@H]4O[C@H](C)[C@@H](O)[C@H](N)[C@@H]4O)/C=C/C=C/C=C/C=C\C=C/C=C/C=C/[C@@H]2C)O3)cc1. The molecular weight excluding hydrogens is 1040 g/mol. The average molecular weight is 1130 g/mol. The van der Waals surface area contributed by atoms with Crippen molar-refractivity contribution in [2.75, 3.05) is 12.4 Å². The number of nitrogens with one attached hydrogen (secondary N) is 1. The zero-order chi connectivity index (χ0) is 59.1. The number of fused-ring (bicyclic) bond motifs is 2. The third kappa shape index (κ3) is 23.0. The quantitative estimate of drug-likeness (QED) is 0.110. The molecule has 3 heterocycles. The fourth-order valence-electron chi connectivity index (χ4n) is 9.83. The minimum absolute atomic E-state index is 0.105. The van der Waals surface area contributed by atoms with Gasteiger partial charge in [0.05, 0.1) is 79.6 Å². The summed E-state index contributed by atoms with van der Waals surface area (Å²) in [5.74, 6) is -7.70. The molecule has 22 nitrogen and oxygen atoms in total. The number of hydrogen-bond donors (Lipinski definition) is 14. The van der Waals surface area contributed by atoms with Crippen molar-refractivity contribution in [2.45, 2.75) is 194 Å². The molecule has 0 spiro atoms. The van der Waals surface area contributed by atoms with Gasteiger partial charge in [0.1, 0.15) is 23.9 Å². The van der Waals surface area contributed by atoms with Crippen LogP contribution in [0.2, 0.25) is 0 Å². The third-order valence-corrected chi connectivity index (χ3v) is 14.1. The number of carboxylic acid groups (broad SMARTS) is 1. The second-order valence-corrected chi connectivity index (χ2v) is 21.1. The molecule has 1 unspecified atom stereocenters. The Hall–Kier alpha value is -5.12. The lowest BCUT2D eigenvalue weighted by molar-refractivity contribution is -0.308. The summed E-state index contributed by atoms with van der Waals surface area (Å²) < 4.78 is 23.5. The van der Waals surface area contributed by atoms with Crippen molar-refractivity contribution < 1.29 is 94.3 Å². The van der Waals surface area contributed by atoms with Gasteiger partial charge in [-0.3, -0.25) is 19.2 Å². The molecule has 0 saturated carbocycles. The van der Waals surface area contributed by atoms with Crippen molar-refractivity contribution in [3.8, 4) is 0 Å². The number of hydrogen-bond acceptors (Lipinski definition) is 21. The van der Waals surface area contributed by atoms with E-state index >= 15 is 0 Å². The van der Waals surface area contributed by atoms with Crippen LogP contribution in [-0.4, -0.2) is 190 Å². The highest BCUT2D eigenvalue weighted by atomic mass is 16.7. The van der Waals surface area contributed by atoms with E-state index in [4.69, 9.17) is 30.4 Å². The third-order valence-electron chi connectivity index (χ3n) is 14.1. The number of carbonyl (C=O) groups excluding carboxylic acids is 3. The summed E-state index contributed by atoms with van der Waals surface area (Å²) in [5.41, 5.74) is 13.9. The second-order valence-electron chi connectivity index (χ2n) is 21.1. The molecule has 22 heteroatoms. The minimum atomic E-state index is -2.35. The number of ketones is 2. The Morgan fingerprint density at radius 1 is 0.725 bits per heavy atom. The van der Waals surface area contributed by atoms with Gasteiger partial charge in [0.15, 0.2) is 17.9 Å². The average Bonchev–Trinajstić information content (AvgIpc) is 3.48. The molecule has 80 heavy (non-hydrogen) atoms. The van der Waals surface area contributed by atoms with E-state index in [0.717, 1.165) is 5.69 Å². The number of aliphatic hydroxyl groups is 10. The fourth-order valence-corrected chi connectivity index (χ4v) is 9.83. The van der Waals surface area contributed by atoms with Crippen molar-refractivity contribution in [1.82, 2.24) is 0 Å². The maximum absolute atomic E-state index is 13.3. The molecule has 4 rings (SSSR count). The summed E-state index contributed by atoms with van der Waals surface area (Å²) in [4.78, 5) is 51.6. The van der Waals surface area contributed by atoms with Crippen molar-refractivity contribution >= 4 is 29.2 Å². The van der Waals surface area contributed by atoms with E-state index in [0.29, 0.717) is 5.56 Å². The summed E-state index contributed by atoms with van der Waals surface area (Å²) in [5, 5.41) is 122. The number of cyclic esters (lactones) is 1. The first-order valence-electron chi connectivity index (χ1n) is 27.2. The monoisotopic (exact) mass is 1130 g/mol. The summed E-state index contributed by atoms with van der Waals surface area (Å²) in [6, 6.07) is 4.81. The van der Waals surface area contributed by atoms with Gasteiger partial charge in [0.25, 0.3) is 0 Å². The van der Waals surface area contributed by atoms with Crippen LogP contribution in [0.25, 0.3) is 0 Å². The Balaban J connectivity index is 1.54. The highest BCUT2D eigenvalue weighted by molar-refractivity contribution is 5.96. The largest absolute Gasteiger partial charge is 0.481 e. The Morgan fingerprint density at radius 2 is 1.27 bits per heavy atom. The predicted molar refractivity (Wildman–Crippen MR) is 294 cm³/mol. The lowest BCUT2D eigenvalue weighted by Gasteiger charge is -2.45. The number of Topliss-reactive ketones (excluding diaryl/α,β-unsaturated/α-hetero) is 2. The zero-order valence-corrected chi connectivity index (χ0v) is 45.6. The number of allylic oxidation sites excluding steroid dienone is 12. The van der Waals surface area contributed by atoms with Gasteiger partial charge in [-0.25, -0.2) is 0 Å². The normalized spacial score (nSPS) is 38.0. The lowest BCUT2D eigenvalue weighted by Crippen LogP contribution is -2.61. The van der Waals surface area contributed by atoms with Crippen LogP contribution in [0.1, 0.15) is 101 Å². The topological polar surface area (TPSA) is 392 Å². The highest BCUT2D eigenvalue weighted by Crippen LogP contribution is 2.38. The van der Waals surface area contributed by atoms with Gasteiger partial charge in [-0.1, -0.05) is 92.0 Å². The molecule has 3 aliphatic heterocycles. The summed E-state index contributed by atoms with van der Waals surface area (Å²) >= 11 is 0. The van der Waals surface area contributed by atoms with Gasteiger partial charge in [-0.05, 0) is 63.3 Å². The van der Waals surface area contributed by atoms with Gasteiger partial charge in [-0.15, -0.1) is 0 Å². The first-order valence-corrected chi connectivity index (χ1v) is 27.2. The molecule has 0 radical (unpaired) electrons. The van der Waals surface area contributed by atoms with Gasteiger partial charge in [0.2, 0.25) is 0 Å². The van der Waals surface area contributed by atoms with Crippen LogP contribution in [0.15, 0.2) is 109 Å². The van der Waals surface area contributed by atoms with E-state index in [1.165, 1.54) is 13.0 Å². The van der Waals surface area contributed by atoms with Crippen LogP contribution in [0, 0.1) is 11.8 Å². The molecule has 446 valence electrons. The number of rotatable bonds is 11. The van der Waals surface area contributed by atoms with E-state index in [1.54, 1.807) is 117 Å². The molecule has 1 aromatic rings. The Bertz CT molecular complexity index is 2310. The number of anilines is 1. The summed E-state index contributed by atoms with van der Waals surface area (Å²) in [6.45, 7) is 3.28. The van der Waals surface area contributed by atoms with E-state index in [2.05, 4.69) is 5.32 Å². The van der Waals surface area contributed by atoms with Crippen LogP contribution >= 0.6 is 0 Å². The van der Waals surface area contributed by atoms with Crippen molar-refractivity contribution in [3.05, 3.63) is 115 Å². The van der Waals surface area contributed by atoms with E-state index in [9.17, 15) is 75.3 Å². The van der Waals surface area contributed by atoms with Crippen LogP contribution in [-0.2, 0) is 33.3 Å². The predicted octanol–water partition coefficient (Wildman–Crippen LogP) is 1.44. The number of carbonyl (C=O) groups is 4. The molecule has 16 N–H and O–H groups in total. The Kier molecular flexibility index (Phi) is 28.4. The number of aliphatic hydroxyl groups excluding tert-OH is 9. The van der Waals surface area contributed by atoms with Crippen LogP contribution in [0.4, 0.5) is 5.69 Å². The van der Waals surface area contributed by atoms with Gasteiger partial charge < -0.3 is 91.9 Å². The maximum Gasteiger partial charge on any atom is 0.311 e. The van der Waals surface area contributed by atoms with Gasteiger partial charge in [0, 0.05) is 68.8 Å². The van der Waals surface area contributed by atoms with Crippen LogP contribution in [0.3, 0.4) is 0 Å². The van der Waals surface area contributed by atoms with E-state index in [-0.39, 0.29) is 31.5 Å². The van der Waals surface area contributed by atoms with Crippen molar-refractivity contribution in [3.63, 3.8) is 0 Å². The van der Waals surface area contributed by atoms with Crippen LogP contribution < -0.4 is 16.8 Å². The summed E-state index contributed by atoms with van der Waals surface area (Å²) in [7, 11) is 1.75. The highest BCUT2D eigenvalue weighted by Gasteiger charge is 2.51. The van der Waals surface area contributed by atoms with Crippen molar-refractivity contribution in [1.29, 1.82) is 0 Å². The minimum Gasteiger partial charge on any atom is -0.481 e. The van der Waals surface area contributed by atoms with Gasteiger partial charge in [-0.2, -0.15) is 0 Å². The molecular formula is C58H85N3O19. The Morgan fingerprint density at radius 3 is 1.86 bits per heavy atom. The summed E-state index contributed by atoms with van der Waals surface area (Å²) in [6.07, 6.45) is 0.553. The number of aliphatic carboxylic acids is 1. The van der Waals surface area contributed by atoms with E-state index in [1.807, 2.05) is 0 Å². The molecule has 0 aliphatic carbocycles. The lowest BCUT2D eigenvalue weighted by atomic mass is 9.82. The fraction of sp³-hybridized carbons (Fsp3) is 0.586. The number of ether oxygens (including phenoxy) is 4. The first-order chi connectivity index (χ1) is 37.9. The molecule has 2 bridgehead atoms. The zero-order valence-electron chi connectivity index (χ0n) is 45.6. The number of carboxylic acids is 1. The van der Waals surface area contributed by atoms with E-state index < -0.39 is 184 Å². The number of nitrogens with two attached hydrogens (primary N) is 2. The number of esters is 1. The molecule has 19 atom stereocenters. The maximum atomic E-state index is 13.3.